The van der Waals surface area contributed by atoms with E-state index in [1.165, 1.54) is 0 Å². The second kappa shape index (κ2) is 11.3. The zero-order valence-electron chi connectivity index (χ0n) is 19.2. The van der Waals surface area contributed by atoms with Crippen LogP contribution >= 0.6 is 0 Å². The monoisotopic (exact) mass is 491 g/mol. The molecule has 0 radical (unpaired) electrons. The van der Waals surface area contributed by atoms with E-state index in [0.717, 1.165) is 50.0 Å². The summed E-state index contributed by atoms with van der Waals surface area (Å²) in [4.78, 5) is 42.2. The Morgan fingerprint density at radius 2 is 1.51 bits per heavy atom. The molecule has 0 unspecified atom stereocenters. The minimum Gasteiger partial charge on any atom is -0.475 e. The number of piperidine rings is 2. The van der Waals surface area contributed by atoms with Gasteiger partial charge in [0.25, 0.3) is 0 Å². The number of hydrogen-bond acceptors (Lipinski definition) is 4. The highest BCUT2D eigenvalue weighted by Gasteiger charge is 2.42. The van der Waals surface area contributed by atoms with Crippen LogP contribution in [0.1, 0.15) is 36.8 Å². The van der Waals surface area contributed by atoms with Crippen molar-refractivity contribution in [3.63, 3.8) is 0 Å². The van der Waals surface area contributed by atoms with E-state index in [9.17, 15) is 22.8 Å². The number of aliphatic carboxylic acids is 1. The highest BCUT2D eigenvalue weighted by molar-refractivity contribution is 5.79. The van der Waals surface area contributed by atoms with Crippen molar-refractivity contribution in [2.45, 2.75) is 44.8 Å². The fourth-order valence-electron chi connectivity index (χ4n) is 4.43. The van der Waals surface area contributed by atoms with Crippen LogP contribution in [-0.4, -0.2) is 63.5 Å². The molecule has 3 heterocycles. The molecule has 1 aromatic heterocycles. The summed E-state index contributed by atoms with van der Waals surface area (Å²) in [5, 5.41) is 7.12. The van der Waals surface area contributed by atoms with Crippen molar-refractivity contribution in [2.75, 3.05) is 19.6 Å². The van der Waals surface area contributed by atoms with E-state index in [2.05, 4.69) is 4.98 Å². The first-order valence-electron chi connectivity index (χ1n) is 11.4. The van der Waals surface area contributed by atoms with Gasteiger partial charge in [0.2, 0.25) is 11.8 Å². The molecule has 35 heavy (non-hydrogen) atoms. The van der Waals surface area contributed by atoms with Gasteiger partial charge in [-0.2, -0.15) is 13.2 Å². The van der Waals surface area contributed by atoms with Crippen LogP contribution in [0.2, 0.25) is 0 Å². The number of carboxylic acid groups (broad SMARTS) is 1. The van der Waals surface area contributed by atoms with E-state index in [0.29, 0.717) is 19.4 Å². The molecule has 2 aliphatic rings. The van der Waals surface area contributed by atoms with E-state index in [-0.39, 0.29) is 17.2 Å². The summed E-state index contributed by atoms with van der Waals surface area (Å²) in [6.45, 7) is 3.00. The SMILES string of the molecule is O=C(Cc1ccccc1)N1CCC2(CC1)CCN(Cc1ccncc1)C(=O)C2.O=C(O)C(F)(F)F. The van der Waals surface area contributed by atoms with Gasteiger partial charge in [0, 0.05) is 45.0 Å². The molecule has 0 atom stereocenters. The van der Waals surface area contributed by atoms with Crippen LogP contribution in [0, 0.1) is 5.41 Å². The molecule has 0 saturated carbocycles. The minimum absolute atomic E-state index is 0.0787. The first-order valence-corrected chi connectivity index (χ1v) is 11.4. The van der Waals surface area contributed by atoms with E-state index >= 15 is 0 Å². The van der Waals surface area contributed by atoms with Crippen molar-refractivity contribution in [1.29, 1.82) is 0 Å². The normalized spacial score (nSPS) is 17.5. The third-order valence-corrected chi connectivity index (χ3v) is 6.53. The number of halogens is 3. The molecule has 2 saturated heterocycles. The zero-order valence-corrected chi connectivity index (χ0v) is 19.2. The lowest BCUT2D eigenvalue weighted by Crippen LogP contribution is -2.50. The van der Waals surface area contributed by atoms with Gasteiger partial charge in [0.15, 0.2) is 0 Å². The van der Waals surface area contributed by atoms with Gasteiger partial charge in [-0.15, -0.1) is 0 Å². The van der Waals surface area contributed by atoms with Gasteiger partial charge < -0.3 is 14.9 Å². The Kier molecular flexibility index (Phi) is 8.48. The van der Waals surface area contributed by atoms with Gasteiger partial charge in [0.1, 0.15) is 0 Å². The Balaban J connectivity index is 0.000000429. The standard InChI is InChI=1S/C23H27N3O2.C2HF3O2/c27-21(16-19-4-2-1-3-5-19)25-13-8-23(9-14-25)10-15-26(22(28)17-23)18-20-6-11-24-12-7-20;3-2(4,5)1(6)7/h1-7,11-12H,8-10,13-18H2;(H,6,7). The van der Waals surface area contributed by atoms with Gasteiger partial charge in [-0.3, -0.25) is 14.6 Å². The summed E-state index contributed by atoms with van der Waals surface area (Å²) in [5.74, 6) is -2.32. The smallest absolute Gasteiger partial charge is 0.475 e. The van der Waals surface area contributed by atoms with Crippen LogP contribution in [0.3, 0.4) is 0 Å². The maximum Gasteiger partial charge on any atom is 0.490 e. The predicted octanol–water partition coefficient (Wildman–Crippen LogP) is 3.69. The van der Waals surface area contributed by atoms with Crippen LogP contribution < -0.4 is 0 Å². The average molecular weight is 492 g/mol. The molecule has 10 heteroatoms. The van der Waals surface area contributed by atoms with Crippen molar-refractivity contribution in [1.82, 2.24) is 14.8 Å². The lowest BCUT2D eigenvalue weighted by molar-refractivity contribution is -0.192. The molecule has 7 nitrogen and oxygen atoms in total. The van der Waals surface area contributed by atoms with Crippen LogP contribution in [0.4, 0.5) is 13.2 Å². The average Bonchev–Trinajstić information content (AvgIpc) is 2.83. The molecule has 1 N–H and O–H groups in total. The summed E-state index contributed by atoms with van der Waals surface area (Å²) in [7, 11) is 0. The van der Waals surface area contributed by atoms with Crippen molar-refractivity contribution in [2.24, 2.45) is 5.41 Å². The molecule has 188 valence electrons. The molecule has 2 fully saturated rings. The van der Waals surface area contributed by atoms with Crippen LogP contribution in [-0.2, 0) is 27.3 Å². The number of benzene rings is 1. The molecule has 0 bridgehead atoms. The third kappa shape index (κ3) is 7.53. The van der Waals surface area contributed by atoms with Crippen LogP contribution in [0.5, 0.6) is 0 Å². The number of carbonyl (C=O) groups is 3. The van der Waals surface area contributed by atoms with Gasteiger partial charge >= 0.3 is 12.1 Å². The summed E-state index contributed by atoms with van der Waals surface area (Å²) >= 11 is 0. The molecule has 0 aliphatic carbocycles. The number of aromatic nitrogens is 1. The Bertz CT molecular complexity index is 1010. The van der Waals surface area contributed by atoms with E-state index in [1.807, 2.05) is 52.3 Å². The maximum absolute atomic E-state index is 12.8. The summed E-state index contributed by atoms with van der Waals surface area (Å²) in [6, 6.07) is 13.8. The van der Waals surface area contributed by atoms with Crippen LogP contribution in [0.25, 0.3) is 0 Å². The highest BCUT2D eigenvalue weighted by Crippen LogP contribution is 2.42. The number of hydrogen-bond donors (Lipinski definition) is 1. The number of likely N-dealkylation sites (tertiary alicyclic amines) is 2. The minimum atomic E-state index is -5.08. The topological polar surface area (TPSA) is 90.8 Å². The quantitative estimate of drug-likeness (QED) is 0.705. The van der Waals surface area contributed by atoms with Crippen molar-refractivity contribution in [3.8, 4) is 0 Å². The van der Waals surface area contributed by atoms with Gasteiger partial charge in [0.05, 0.1) is 6.42 Å². The Hall–Kier alpha value is -3.43. The Labute approximate surface area is 201 Å². The van der Waals surface area contributed by atoms with E-state index in [4.69, 9.17) is 9.90 Å². The number of amides is 2. The summed E-state index contributed by atoms with van der Waals surface area (Å²) in [5.41, 5.74) is 2.27. The number of pyridine rings is 1. The van der Waals surface area contributed by atoms with Crippen LogP contribution in [0.15, 0.2) is 54.9 Å². The van der Waals surface area contributed by atoms with Crippen molar-refractivity contribution < 1.29 is 32.7 Å². The number of carbonyl (C=O) groups excluding carboxylic acids is 2. The number of carboxylic acids is 1. The van der Waals surface area contributed by atoms with E-state index in [1.54, 1.807) is 12.4 Å². The first-order chi connectivity index (χ1) is 16.6. The van der Waals surface area contributed by atoms with E-state index < -0.39 is 12.1 Å². The Morgan fingerprint density at radius 1 is 0.943 bits per heavy atom. The predicted molar refractivity (Wildman–Crippen MR) is 121 cm³/mol. The van der Waals surface area contributed by atoms with Crippen molar-refractivity contribution >= 4 is 17.8 Å². The molecule has 1 spiro atoms. The summed E-state index contributed by atoms with van der Waals surface area (Å²) < 4.78 is 31.7. The molecule has 1 aromatic carbocycles. The lowest BCUT2D eigenvalue weighted by Gasteiger charge is -2.46. The fraction of sp³-hybridized carbons (Fsp3) is 0.440. The number of nitrogens with zero attached hydrogens (tertiary/aromatic N) is 3. The molecular weight excluding hydrogens is 463 g/mol. The molecule has 4 rings (SSSR count). The second-order valence-electron chi connectivity index (χ2n) is 8.94. The second-order valence-corrected chi connectivity index (χ2v) is 8.94. The number of rotatable bonds is 4. The fourth-order valence-corrected chi connectivity index (χ4v) is 4.43. The van der Waals surface area contributed by atoms with Gasteiger partial charge in [-0.1, -0.05) is 30.3 Å². The molecule has 2 amide bonds. The third-order valence-electron chi connectivity index (χ3n) is 6.53. The van der Waals surface area contributed by atoms with Gasteiger partial charge in [-0.05, 0) is 47.9 Å². The maximum atomic E-state index is 12.8. The summed E-state index contributed by atoms with van der Waals surface area (Å²) in [6.07, 6.45) is 2.43. The lowest BCUT2D eigenvalue weighted by atomic mass is 9.71. The van der Waals surface area contributed by atoms with Gasteiger partial charge in [-0.25, -0.2) is 4.79 Å². The zero-order chi connectivity index (χ0) is 25.5. The molecular formula is C25H28F3N3O4. The molecule has 2 aliphatic heterocycles. The Morgan fingerprint density at radius 3 is 2.06 bits per heavy atom. The first kappa shape index (κ1) is 26.2. The largest absolute Gasteiger partial charge is 0.490 e. The van der Waals surface area contributed by atoms with Crippen molar-refractivity contribution in [3.05, 3.63) is 66.0 Å². The number of alkyl halides is 3. The highest BCUT2D eigenvalue weighted by atomic mass is 19.4. The molecule has 2 aromatic rings.